The molecule has 0 aliphatic heterocycles. The van der Waals surface area contributed by atoms with Crippen LogP contribution in [0, 0.1) is 11.3 Å². The van der Waals surface area contributed by atoms with Gasteiger partial charge in [-0.3, -0.25) is 0 Å². The molecule has 1 aromatic carbocycles. The molecule has 4 rings (SSSR count). The van der Waals surface area contributed by atoms with Gasteiger partial charge < -0.3 is 4.90 Å². The Morgan fingerprint density at radius 3 is 2.32 bits per heavy atom. The first kappa shape index (κ1) is 26.7. The van der Waals surface area contributed by atoms with Crippen LogP contribution >= 0.6 is 0 Å². The molecule has 4 aromatic rings. The molecule has 3 heterocycles. The number of nitrogens with zero attached hydrogens (tertiary/aromatic N) is 8. The van der Waals surface area contributed by atoms with Crippen LogP contribution in [0.15, 0.2) is 48.0 Å². The number of sulfone groups is 1. The third kappa shape index (κ3) is 4.58. The molecule has 17 heteroatoms. The first-order chi connectivity index (χ1) is 17.7. The number of pyridine rings is 1. The van der Waals surface area contributed by atoms with Gasteiger partial charge in [-0.25, -0.2) is 28.4 Å². The van der Waals surface area contributed by atoms with Crippen molar-refractivity contribution in [2.45, 2.75) is 29.5 Å². The van der Waals surface area contributed by atoms with Crippen LogP contribution in [-0.4, -0.2) is 50.7 Å². The molecule has 0 bridgehead atoms. The quantitative estimate of drug-likeness (QED) is 0.335. The molecule has 0 amide bonds. The van der Waals surface area contributed by atoms with E-state index >= 15 is 0 Å². The maximum atomic E-state index is 13.6. The second kappa shape index (κ2) is 9.20. The first-order valence-electron chi connectivity index (χ1n) is 10.3. The van der Waals surface area contributed by atoms with E-state index in [1.54, 1.807) is 6.92 Å². The van der Waals surface area contributed by atoms with Crippen molar-refractivity contribution >= 4 is 26.6 Å². The van der Waals surface area contributed by atoms with Crippen molar-refractivity contribution in [1.82, 2.24) is 29.7 Å². The van der Waals surface area contributed by atoms with E-state index in [2.05, 4.69) is 25.0 Å². The second-order valence-corrected chi connectivity index (χ2v) is 9.76. The topological polar surface area (TPSA) is 131 Å². The molecular formula is C21H14F6N8O2S. The fourth-order valence-electron chi connectivity index (χ4n) is 3.54. The highest BCUT2D eigenvalue weighted by Crippen LogP contribution is 2.41. The zero-order valence-corrected chi connectivity index (χ0v) is 20.0. The van der Waals surface area contributed by atoms with Gasteiger partial charge in [0, 0.05) is 18.6 Å². The summed E-state index contributed by atoms with van der Waals surface area (Å²) in [6.07, 6.45) is -1.97. The van der Waals surface area contributed by atoms with Crippen LogP contribution in [0.4, 0.5) is 32.2 Å². The Balaban J connectivity index is 1.89. The first-order valence-corrected chi connectivity index (χ1v) is 11.8. The van der Waals surface area contributed by atoms with Gasteiger partial charge >= 0.3 is 11.7 Å². The summed E-state index contributed by atoms with van der Waals surface area (Å²) in [4.78, 5) is 15.4. The van der Waals surface area contributed by atoms with E-state index in [1.807, 2.05) is 6.07 Å². The number of benzene rings is 1. The monoisotopic (exact) mass is 556 g/mol. The molecule has 0 radical (unpaired) electrons. The van der Waals surface area contributed by atoms with Gasteiger partial charge in [0.15, 0.2) is 11.6 Å². The zero-order valence-electron chi connectivity index (χ0n) is 19.2. The number of halogens is 6. The average molecular weight is 556 g/mol. The minimum atomic E-state index is -6.21. The number of hydrogen-bond donors (Lipinski definition) is 0. The number of hydrogen-bond acceptors (Lipinski definition) is 9. The van der Waals surface area contributed by atoms with Crippen LogP contribution in [0.2, 0.25) is 0 Å². The predicted molar refractivity (Wildman–Crippen MR) is 118 cm³/mol. The number of alkyl halides is 6. The van der Waals surface area contributed by atoms with E-state index in [0.29, 0.717) is 6.07 Å². The maximum Gasteiger partial charge on any atom is 0.501 e. The van der Waals surface area contributed by atoms with Gasteiger partial charge in [0.1, 0.15) is 29.4 Å². The normalized spacial score (nSPS) is 13.3. The van der Waals surface area contributed by atoms with E-state index in [0.717, 1.165) is 6.33 Å². The van der Waals surface area contributed by atoms with Gasteiger partial charge in [-0.05, 0) is 31.2 Å². The van der Waals surface area contributed by atoms with Crippen LogP contribution in [0.3, 0.4) is 0 Å². The minimum absolute atomic E-state index is 0.0986. The lowest BCUT2D eigenvalue weighted by Gasteiger charge is -2.27. The Hall–Kier alpha value is -4.33. The van der Waals surface area contributed by atoms with Gasteiger partial charge in [-0.2, -0.15) is 41.4 Å². The van der Waals surface area contributed by atoms with Gasteiger partial charge in [-0.15, -0.1) is 0 Å². The molecular weight excluding hydrogens is 542 g/mol. The Morgan fingerprint density at radius 1 is 1.03 bits per heavy atom. The molecule has 38 heavy (non-hydrogen) atoms. The molecule has 0 N–H and O–H groups in total. The zero-order chi connectivity index (χ0) is 28.0. The van der Waals surface area contributed by atoms with Gasteiger partial charge in [0.2, 0.25) is 0 Å². The fraction of sp³-hybridized carbons (Fsp3) is 0.238. The molecule has 10 nitrogen and oxygen atoms in total. The molecule has 198 valence electrons. The van der Waals surface area contributed by atoms with Crippen LogP contribution < -0.4 is 4.90 Å². The van der Waals surface area contributed by atoms with Crippen LogP contribution in [0.1, 0.15) is 29.9 Å². The van der Waals surface area contributed by atoms with E-state index in [9.17, 15) is 34.8 Å². The summed E-state index contributed by atoms with van der Waals surface area (Å²) >= 11 is 0. The standard InChI is InChI=1S/C21H14F6N8O2S/c1-11(18-32-10-33-35(18)16-4-3-12(7-28)8-29-16)34(2)19-14-5-13(20(22,23)24)6-15(17(14)30-9-31-19)38(36,37)21(25,26)27/h3-6,8-11H,1-2H3/t11-/m0/s1. The lowest BCUT2D eigenvalue weighted by molar-refractivity contribution is -0.137. The highest BCUT2D eigenvalue weighted by Gasteiger charge is 2.49. The maximum absolute atomic E-state index is 13.6. The van der Waals surface area contributed by atoms with Gasteiger partial charge in [0.25, 0.3) is 9.84 Å². The lowest BCUT2D eigenvalue weighted by atomic mass is 10.1. The van der Waals surface area contributed by atoms with Crippen molar-refractivity contribution < 1.29 is 34.8 Å². The van der Waals surface area contributed by atoms with Crippen LogP contribution in [0.5, 0.6) is 0 Å². The summed E-state index contributed by atoms with van der Waals surface area (Å²) in [5.41, 5.74) is -8.07. The predicted octanol–water partition coefficient (Wildman–Crippen LogP) is 3.99. The van der Waals surface area contributed by atoms with Crippen molar-refractivity contribution in [3.05, 3.63) is 60.1 Å². The summed E-state index contributed by atoms with van der Waals surface area (Å²) in [5, 5.41) is 12.4. The second-order valence-electron chi connectivity index (χ2n) is 7.85. The average Bonchev–Trinajstić information content (AvgIpc) is 3.35. The van der Waals surface area contributed by atoms with Gasteiger partial charge in [-0.1, -0.05) is 0 Å². The molecule has 0 saturated carbocycles. The SMILES string of the molecule is C[C@@H](c1ncnn1-c1ccc(C#N)cn1)N(C)c1ncnc2c(S(=O)(=O)C(F)(F)F)cc(C(F)(F)F)cc12. The molecule has 0 aliphatic carbocycles. The molecule has 0 saturated heterocycles. The fourth-order valence-corrected chi connectivity index (χ4v) is 4.49. The Morgan fingerprint density at radius 2 is 1.74 bits per heavy atom. The molecule has 0 spiro atoms. The summed E-state index contributed by atoms with van der Waals surface area (Å²) in [7, 11) is -4.84. The smallest absolute Gasteiger partial charge is 0.349 e. The number of anilines is 1. The lowest BCUT2D eigenvalue weighted by Crippen LogP contribution is -2.27. The van der Waals surface area contributed by atoms with Crippen LogP contribution in [0.25, 0.3) is 16.7 Å². The third-order valence-electron chi connectivity index (χ3n) is 5.56. The van der Waals surface area contributed by atoms with Crippen molar-refractivity contribution in [3.8, 4) is 11.9 Å². The van der Waals surface area contributed by atoms with Crippen molar-refractivity contribution in [1.29, 1.82) is 5.26 Å². The van der Waals surface area contributed by atoms with Crippen LogP contribution in [-0.2, 0) is 16.0 Å². The van der Waals surface area contributed by atoms with E-state index in [4.69, 9.17) is 5.26 Å². The molecule has 3 aromatic heterocycles. The van der Waals surface area contributed by atoms with E-state index < -0.39 is 48.9 Å². The highest BCUT2D eigenvalue weighted by atomic mass is 32.2. The van der Waals surface area contributed by atoms with E-state index in [1.165, 1.54) is 41.3 Å². The van der Waals surface area contributed by atoms with Crippen molar-refractivity contribution in [2.75, 3.05) is 11.9 Å². The molecule has 0 aliphatic rings. The third-order valence-corrected chi connectivity index (χ3v) is 7.06. The Kier molecular flexibility index (Phi) is 6.47. The van der Waals surface area contributed by atoms with Crippen molar-refractivity contribution in [2.24, 2.45) is 0 Å². The largest absolute Gasteiger partial charge is 0.501 e. The highest BCUT2D eigenvalue weighted by molar-refractivity contribution is 7.92. The summed E-state index contributed by atoms with van der Waals surface area (Å²) in [5.74, 6) is 0.156. The summed E-state index contributed by atoms with van der Waals surface area (Å²) in [6.45, 7) is 1.55. The Bertz CT molecular complexity index is 1660. The number of rotatable bonds is 5. The van der Waals surface area contributed by atoms with Gasteiger partial charge in [0.05, 0.1) is 22.7 Å². The van der Waals surface area contributed by atoms with Crippen molar-refractivity contribution in [3.63, 3.8) is 0 Å². The summed E-state index contributed by atoms with van der Waals surface area (Å²) < 4.78 is 106. The summed E-state index contributed by atoms with van der Waals surface area (Å²) in [6, 6.07) is 4.42. The molecule has 0 fully saturated rings. The molecule has 1 atom stereocenters. The number of fused-ring (bicyclic) bond motifs is 1. The number of nitriles is 1. The van der Waals surface area contributed by atoms with E-state index in [-0.39, 0.29) is 29.1 Å². The molecule has 0 unspecified atom stereocenters. The Labute approximate surface area is 210 Å². The minimum Gasteiger partial charge on any atom is -0.349 e. The number of aromatic nitrogens is 6.